The Labute approximate surface area is 81.2 Å². The quantitative estimate of drug-likeness (QED) is 0.418. The Hall–Kier alpha value is -1.84. The van der Waals surface area contributed by atoms with Crippen LogP contribution in [0.25, 0.3) is 0 Å². The molecular weight excluding hydrogens is 184 g/mol. The summed E-state index contributed by atoms with van der Waals surface area (Å²) in [5.74, 6) is -0.419. The molecule has 4 heteroatoms. The number of allylic oxidation sites excluding steroid dienone is 1. The summed E-state index contributed by atoms with van der Waals surface area (Å²) in [6, 6.07) is 1.35. The van der Waals surface area contributed by atoms with E-state index in [-0.39, 0.29) is 17.1 Å². The molecule has 0 aromatic carbocycles. The van der Waals surface area contributed by atoms with Gasteiger partial charge in [-0.1, -0.05) is 6.58 Å². The highest BCUT2D eigenvalue weighted by atomic mass is 16.5. The number of rotatable bonds is 3. The first-order valence-corrected chi connectivity index (χ1v) is 3.95. The monoisotopic (exact) mass is 194 g/mol. The third kappa shape index (κ3) is 1.74. The van der Waals surface area contributed by atoms with Crippen molar-refractivity contribution in [1.29, 1.82) is 0 Å². The van der Waals surface area contributed by atoms with Gasteiger partial charge in [-0.2, -0.15) is 0 Å². The second-order valence-corrected chi connectivity index (χ2v) is 2.64. The van der Waals surface area contributed by atoms with Gasteiger partial charge in [0.05, 0.1) is 7.11 Å². The molecule has 0 bridgehead atoms. The van der Waals surface area contributed by atoms with Gasteiger partial charge in [-0.15, -0.1) is 0 Å². The summed E-state index contributed by atoms with van der Waals surface area (Å²) in [5, 5.41) is 0. The van der Waals surface area contributed by atoms with Crippen molar-refractivity contribution >= 4 is 11.8 Å². The van der Waals surface area contributed by atoms with Crippen LogP contribution in [-0.2, 0) is 4.74 Å². The lowest BCUT2D eigenvalue weighted by molar-refractivity contribution is 0.0598. The molecule has 0 aliphatic heterocycles. The average Bonchev–Trinajstić information content (AvgIpc) is 2.58. The van der Waals surface area contributed by atoms with Gasteiger partial charge >= 0.3 is 5.97 Å². The van der Waals surface area contributed by atoms with E-state index in [0.29, 0.717) is 5.76 Å². The van der Waals surface area contributed by atoms with E-state index in [9.17, 15) is 9.59 Å². The topological polar surface area (TPSA) is 56.5 Å². The van der Waals surface area contributed by atoms with Crippen molar-refractivity contribution in [3.8, 4) is 0 Å². The van der Waals surface area contributed by atoms with Crippen molar-refractivity contribution in [2.24, 2.45) is 0 Å². The molecule has 0 radical (unpaired) electrons. The molecule has 4 nitrogen and oxygen atoms in total. The number of esters is 1. The molecule has 74 valence electrons. The van der Waals surface area contributed by atoms with Gasteiger partial charge < -0.3 is 9.15 Å². The van der Waals surface area contributed by atoms with Gasteiger partial charge in [-0.05, 0) is 13.0 Å². The van der Waals surface area contributed by atoms with Gasteiger partial charge in [0.15, 0.2) is 5.76 Å². The van der Waals surface area contributed by atoms with E-state index in [4.69, 9.17) is 4.42 Å². The van der Waals surface area contributed by atoms with Crippen LogP contribution in [0.1, 0.15) is 26.7 Å². The van der Waals surface area contributed by atoms with Crippen molar-refractivity contribution in [3.05, 3.63) is 35.8 Å². The van der Waals surface area contributed by atoms with Crippen LogP contribution < -0.4 is 0 Å². The van der Waals surface area contributed by atoms with E-state index in [2.05, 4.69) is 11.3 Å². The Morgan fingerprint density at radius 3 is 2.71 bits per heavy atom. The summed E-state index contributed by atoms with van der Waals surface area (Å²) in [7, 11) is 1.27. The van der Waals surface area contributed by atoms with E-state index in [1.54, 1.807) is 6.92 Å². The minimum atomic E-state index is -0.519. The zero-order chi connectivity index (χ0) is 10.7. The van der Waals surface area contributed by atoms with Crippen molar-refractivity contribution in [2.45, 2.75) is 6.92 Å². The van der Waals surface area contributed by atoms with Crippen LogP contribution in [-0.4, -0.2) is 18.9 Å². The number of methoxy groups -OCH3 is 1. The summed E-state index contributed by atoms with van der Waals surface area (Å²) in [6.45, 7) is 4.90. The lowest BCUT2D eigenvalue weighted by Crippen LogP contribution is -2.00. The lowest BCUT2D eigenvalue weighted by atomic mass is 10.2. The first-order chi connectivity index (χ1) is 6.60. The number of ether oxygens (including phenoxy) is 1. The third-order valence-electron chi connectivity index (χ3n) is 1.75. The van der Waals surface area contributed by atoms with Crippen LogP contribution in [0, 0.1) is 6.92 Å². The molecule has 1 rings (SSSR count). The molecule has 1 aromatic rings. The Morgan fingerprint density at radius 2 is 2.21 bits per heavy atom. The molecule has 0 N–H and O–H groups in total. The summed E-state index contributed by atoms with van der Waals surface area (Å²) in [6.07, 6.45) is 1.12. The number of hydrogen-bond acceptors (Lipinski definition) is 4. The molecular formula is C10H10O4. The molecule has 0 atom stereocenters. The smallest absolute Gasteiger partial charge is 0.341 e. The number of carbonyl (C=O) groups excluding carboxylic acids is 2. The summed E-state index contributed by atoms with van der Waals surface area (Å²) < 4.78 is 9.58. The van der Waals surface area contributed by atoms with Crippen LogP contribution in [0.2, 0.25) is 0 Å². The molecule has 14 heavy (non-hydrogen) atoms. The van der Waals surface area contributed by atoms with E-state index in [1.165, 1.54) is 13.2 Å². The zero-order valence-corrected chi connectivity index (χ0v) is 7.99. The Bertz CT molecular complexity index is 387. The first-order valence-electron chi connectivity index (χ1n) is 3.95. The van der Waals surface area contributed by atoms with E-state index < -0.39 is 5.97 Å². The van der Waals surface area contributed by atoms with E-state index in [1.807, 2.05) is 0 Å². The van der Waals surface area contributed by atoms with Crippen LogP contribution in [0.5, 0.6) is 0 Å². The SMILES string of the molecule is C=CC(=O)c1cc(C(=O)OC)c(C)o1. The normalized spacial score (nSPS) is 9.57. The third-order valence-corrected chi connectivity index (χ3v) is 1.75. The van der Waals surface area contributed by atoms with Crippen LogP contribution >= 0.6 is 0 Å². The molecule has 0 saturated heterocycles. The zero-order valence-electron chi connectivity index (χ0n) is 7.99. The largest absolute Gasteiger partial charge is 0.465 e. The Balaban J connectivity index is 3.10. The number of carbonyl (C=O) groups is 2. The molecule has 0 spiro atoms. The minimum Gasteiger partial charge on any atom is -0.465 e. The van der Waals surface area contributed by atoms with Gasteiger partial charge in [0.1, 0.15) is 11.3 Å². The average molecular weight is 194 g/mol. The molecule has 0 saturated carbocycles. The maximum Gasteiger partial charge on any atom is 0.341 e. The van der Waals surface area contributed by atoms with Crippen molar-refractivity contribution < 1.29 is 18.7 Å². The summed E-state index contributed by atoms with van der Waals surface area (Å²) >= 11 is 0. The van der Waals surface area contributed by atoms with E-state index in [0.717, 1.165) is 6.08 Å². The molecule has 1 heterocycles. The molecule has 0 unspecified atom stereocenters. The fourth-order valence-corrected chi connectivity index (χ4v) is 1.02. The van der Waals surface area contributed by atoms with Crippen LogP contribution in [0.15, 0.2) is 23.1 Å². The number of furan rings is 1. The van der Waals surface area contributed by atoms with Crippen molar-refractivity contribution in [2.75, 3.05) is 7.11 Å². The highest BCUT2D eigenvalue weighted by Gasteiger charge is 2.17. The fraction of sp³-hybridized carbons (Fsp3) is 0.200. The van der Waals surface area contributed by atoms with Crippen molar-refractivity contribution in [3.63, 3.8) is 0 Å². The number of hydrogen-bond donors (Lipinski definition) is 0. The maximum atomic E-state index is 11.1. The summed E-state index contributed by atoms with van der Waals surface area (Å²) in [4.78, 5) is 22.3. The van der Waals surface area contributed by atoms with Gasteiger partial charge in [0.2, 0.25) is 5.78 Å². The lowest BCUT2D eigenvalue weighted by Gasteiger charge is -1.93. The second-order valence-electron chi connectivity index (χ2n) is 2.64. The molecule has 0 amide bonds. The Morgan fingerprint density at radius 1 is 1.57 bits per heavy atom. The van der Waals surface area contributed by atoms with Crippen LogP contribution in [0.3, 0.4) is 0 Å². The minimum absolute atomic E-state index is 0.0953. The summed E-state index contributed by atoms with van der Waals surface area (Å²) in [5.41, 5.74) is 0.262. The van der Waals surface area contributed by atoms with E-state index >= 15 is 0 Å². The predicted molar refractivity (Wildman–Crippen MR) is 49.3 cm³/mol. The number of ketones is 1. The maximum absolute atomic E-state index is 11.1. The van der Waals surface area contributed by atoms with Gasteiger partial charge in [-0.3, -0.25) is 4.79 Å². The molecule has 0 aliphatic rings. The highest BCUT2D eigenvalue weighted by molar-refractivity contribution is 6.04. The predicted octanol–water partition coefficient (Wildman–Crippen LogP) is 1.74. The Kier molecular flexibility index (Phi) is 2.86. The second kappa shape index (κ2) is 3.91. The van der Waals surface area contributed by atoms with Gasteiger partial charge in [-0.25, -0.2) is 4.79 Å². The van der Waals surface area contributed by atoms with Crippen LogP contribution in [0.4, 0.5) is 0 Å². The standard InChI is InChI=1S/C10H10O4/c1-4-8(11)9-5-7(6(2)14-9)10(12)13-3/h4-5H,1H2,2-3H3. The molecule has 1 aromatic heterocycles. The van der Waals surface area contributed by atoms with Crippen molar-refractivity contribution in [1.82, 2.24) is 0 Å². The van der Waals surface area contributed by atoms with Gasteiger partial charge in [0, 0.05) is 6.07 Å². The first kappa shape index (κ1) is 10.2. The molecule has 0 aliphatic carbocycles. The van der Waals surface area contributed by atoms with Gasteiger partial charge in [0.25, 0.3) is 0 Å². The number of aryl methyl sites for hydroxylation is 1. The molecule has 0 fully saturated rings. The fourth-order valence-electron chi connectivity index (χ4n) is 1.02. The highest BCUT2D eigenvalue weighted by Crippen LogP contribution is 2.16.